The Hall–Kier alpha value is -6.52. The number of fused-ring (bicyclic) bond motifs is 12. The van der Waals surface area contributed by atoms with Crippen LogP contribution in [-0.4, -0.2) is 9.97 Å². The molecule has 0 aliphatic carbocycles. The highest BCUT2D eigenvalue weighted by Crippen LogP contribution is 2.44. The van der Waals surface area contributed by atoms with E-state index in [4.69, 9.17) is 18.8 Å². The SMILES string of the molecule is c1ccc2cc3c(cc2c1)oc1c(-c2cnc(-c4cc5ccccc5c5c4oc4cc6ccccc6cc45)nc2)cc2ccccc2c13. The molecule has 11 aromatic rings. The van der Waals surface area contributed by atoms with Gasteiger partial charge in [0.1, 0.15) is 22.3 Å². The van der Waals surface area contributed by atoms with Crippen LogP contribution in [0.2, 0.25) is 0 Å². The third-order valence-electron chi connectivity index (χ3n) is 9.87. The fourth-order valence-corrected chi connectivity index (χ4v) is 7.61. The minimum Gasteiger partial charge on any atom is -0.455 e. The summed E-state index contributed by atoms with van der Waals surface area (Å²) in [4.78, 5) is 9.96. The van der Waals surface area contributed by atoms with Gasteiger partial charge in [-0.15, -0.1) is 0 Å². The first-order valence-corrected chi connectivity index (χ1v) is 16.1. The molecular formula is C44H24N2O2. The van der Waals surface area contributed by atoms with Gasteiger partial charge in [0, 0.05) is 45.1 Å². The first-order chi connectivity index (χ1) is 23.8. The molecule has 0 amide bonds. The number of furan rings is 2. The predicted octanol–water partition coefficient (Wildman–Crippen LogP) is 12.2. The van der Waals surface area contributed by atoms with Crippen LogP contribution < -0.4 is 0 Å². The number of nitrogens with zero attached hydrogens (tertiary/aromatic N) is 2. The Labute approximate surface area is 273 Å². The predicted molar refractivity (Wildman–Crippen MR) is 197 cm³/mol. The number of benzene rings is 8. The highest BCUT2D eigenvalue weighted by Gasteiger charge is 2.20. The van der Waals surface area contributed by atoms with E-state index >= 15 is 0 Å². The summed E-state index contributed by atoms with van der Waals surface area (Å²) in [6, 6.07) is 46.9. The molecule has 48 heavy (non-hydrogen) atoms. The molecule has 0 spiro atoms. The molecule has 4 heteroatoms. The zero-order chi connectivity index (χ0) is 31.3. The van der Waals surface area contributed by atoms with Crippen molar-refractivity contribution in [2.75, 3.05) is 0 Å². The lowest BCUT2D eigenvalue weighted by molar-refractivity contribution is 0.670. The van der Waals surface area contributed by atoms with E-state index in [9.17, 15) is 0 Å². The van der Waals surface area contributed by atoms with E-state index in [-0.39, 0.29) is 0 Å². The minimum atomic E-state index is 0.617. The summed E-state index contributed by atoms with van der Waals surface area (Å²) < 4.78 is 13.3. The van der Waals surface area contributed by atoms with Gasteiger partial charge in [-0.3, -0.25) is 0 Å². The van der Waals surface area contributed by atoms with Crippen LogP contribution in [0.5, 0.6) is 0 Å². The zero-order valence-corrected chi connectivity index (χ0v) is 25.6. The van der Waals surface area contributed by atoms with Crippen molar-refractivity contribution >= 4 is 87.0 Å². The maximum Gasteiger partial charge on any atom is 0.162 e. The molecule has 0 aliphatic rings. The Bertz CT molecular complexity index is 2900. The van der Waals surface area contributed by atoms with Crippen molar-refractivity contribution in [1.29, 1.82) is 0 Å². The molecule has 0 saturated carbocycles. The van der Waals surface area contributed by atoms with Gasteiger partial charge in [0.2, 0.25) is 0 Å². The minimum absolute atomic E-state index is 0.617. The van der Waals surface area contributed by atoms with Gasteiger partial charge in [-0.05, 0) is 79.5 Å². The Morgan fingerprint density at radius 3 is 1.31 bits per heavy atom. The summed E-state index contributed by atoms with van der Waals surface area (Å²) in [5.74, 6) is 0.617. The summed E-state index contributed by atoms with van der Waals surface area (Å²) in [6.45, 7) is 0. The normalized spacial score (nSPS) is 12.2. The second-order valence-corrected chi connectivity index (χ2v) is 12.6. The van der Waals surface area contributed by atoms with Crippen LogP contribution in [0.25, 0.3) is 109 Å². The van der Waals surface area contributed by atoms with Gasteiger partial charge in [-0.25, -0.2) is 9.97 Å². The molecule has 0 bridgehead atoms. The maximum atomic E-state index is 6.67. The number of rotatable bonds is 2. The fourth-order valence-electron chi connectivity index (χ4n) is 7.61. The number of hydrogen-bond donors (Lipinski definition) is 0. The molecular weight excluding hydrogens is 588 g/mol. The van der Waals surface area contributed by atoms with E-state index in [0.717, 1.165) is 87.5 Å². The van der Waals surface area contributed by atoms with Crippen molar-refractivity contribution in [2.24, 2.45) is 0 Å². The number of aromatic nitrogens is 2. The molecule has 0 radical (unpaired) electrons. The molecule has 0 N–H and O–H groups in total. The first kappa shape index (κ1) is 25.6. The Morgan fingerprint density at radius 1 is 0.375 bits per heavy atom. The summed E-state index contributed by atoms with van der Waals surface area (Å²) in [5.41, 5.74) is 6.09. The Morgan fingerprint density at radius 2 is 0.792 bits per heavy atom. The molecule has 4 nitrogen and oxygen atoms in total. The van der Waals surface area contributed by atoms with Crippen molar-refractivity contribution in [3.63, 3.8) is 0 Å². The second-order valence-electron chi connectivity index (χ2n) is 12.6. The van der Waals surface area contributed by atoms with Gasteiger partial charge in [0.15, 0.2) is 5.82 Å². The summed E-state index contributed by atoms with van der Waals surface area (Å²) in [6.07, 6.45) is 3.82. The summed E-state index contributed by atoms with van der Waals surface area (Å²) in [7, 11) is 0. The van der Waals surface area contributed by atoms with Crippen LogP contribution in [0.3, 0.4) is 0 Å². The van der Waals surface area contributed by atoms with Crippen molar-refractivity contribution in [3.05, 3.63) is 146 Å². The smallest absolute Gasteiger partial charge is 0.162 e. The molecule has 0 fully saturated rings. The van der Waals surface area contributed by atoms with Crippen molar-refractivity contribution in [3.8, 4) is 22.5 Å². The average molecular weight is 613 g/mol. The molecule has 11 rings (SSSR count). The van der Waals surface area contributed by atoms with Gasteiger partial charge >= 0.3 is 0 Å². The third-order valence-corrected chi connectivity index (χ3v) is 9.87. The van der Waals surface area contributed by atoms with Gasteiger partial charge in [0.25, 0.3) is 0 Å². The number of hydrogen-bond acceptors (Lipinski definition) is 4. The summed E-state index contributed by atoms with van der Waals surface area (Å²) in [5, 5.41) is 13.7. The zero-order valence-electron chi connectivity index (χ0n) is 25.6. The molecule has 3 heterocycles. The van der Waals surface area contributed by atoms with Crippen molar-refractivity contribution in [2.45, 2.75) is 0 Å². The Balaban J connectivity index is 1.14. The van der Waals surface area contributed by atoms with Crippen LogP contribution in [0.1, 0.15) is 0 Å². The summed E-state index contributed by atoms with van der Waals surface area (Å²) >= 11 is 0. The van der Waals surface area contributed by atoms with Crippen LogP contribution >= 0.6 is 0 Å². The first-order valence-electron chi connectivity index (χ1n) is 16.1. The van der Waals surface area contributed by atoms with Crippen molar-refractivity contribution < 1.29 is 8.83 Å². The largest absolute Gasteiger partial charge is 0.455 e. The highest BCUT2D eigenvalue weighted by molar-refractivity contribution is 6.25. The topological polar surface area (TPSA) is 52.1 Å². The molecule has 0 unspecified atom stereocenters. The van der Waals surface area contributed by atoms with E-state index in [0.29, 0.717) is 5.82 Å². The quantitative estimate of drug-likeness (QED) is 0.195. The Kier molecular flexibility index (Phi) is 5.08. The van der Waals surface area contributed by atoms with Gasteiger partial charge in [-0.2, -0.15) is 0 Å². The molecule has 222 valence electrons. The average Bonchev–Trinajstić information content (AvgIpc) is 3.71. The van der Waals surface area contributed by atoms with Gasteiger partial charge in [0.05, 0.1) is 5.56 Å². The monoisotopic (exact) mass is 612 g/mol. The van der Waals surface area contributed by atoms with Crippen LogP contribution in [0.4, 0.5) is 0 Å². The van der Waals surface area contributed by atoms with Crippen LogP contribution in [-0.2, 0) is 0 Å². The van der Waals surface area contributed by atoms with E-state index < -0.39 is 0 Å². The van der Waals surface area contributed by atoms with Crippen LogP contribution in [0, 0.1) is 0 Å². The van der Waals surface area contributed by atoms with Gasteiger partial charge < -0.3 is 8.83 Å². The van der Waals surface area contributed by atoms with Crippen LogP contribution in [0.15, 0.2) is 155 Å². The van der Waals surface area contributed by atoms with E-state index in [1.54, 1.807) is 0 Å². The molecule has 0 saturated heterocycles. The maximum absolute atomic E-state index is 6.67. The third kappa shape index (κ3) is 3.60. The standard InChI is InChI=1S/C44H24N2O2/c1-3-11-27-21-38-35(17-25(27)9-1)40-32-15-7-5-13-29(32)19-34(42(40)47-38)31-23-45-44(46-24-31)37-20-30-14-6-8-16-33(30)41-36-18-26-10-2-4-12-28(26)22-39(36)48-43(37)41/h1-24H. The van der Waals surface area contributed by atoms with E-state index in [1.807, 2.05) is 12.4 Å². The molecule has 0 aliphatic heterocycles. The van der Waals surface area contributed by atoms with E-state index in [2.05, 4.69) is 133 Å². The lowest BCUT2D eigenvalue weighted by atomic mass is 9.96. The van der Waals surface area contributed by atoms with Gasteiger partial charge in [-0.1, -0.05) is 97.1 Å². The highest BCUT2D eigenvalue weighted by atomic mass is 16.3. The lowest BCUT2D eigenvalue weighted by Crippen LogP contribution is -1.92. The fraction of sp³-hybridized carbons (Fsp3) is 0. The second kappa shape index (κ2) is 9.50. The molecule has 8 aromatic carbocycles. The van der Waals surface area contributed by atoms with E-state index in [1.165, 1.54) is 16.2 Å². The lowest BCUT2D eigenvalue weighted by Gasteiger charge is -2.09. The molecule has 3 aromatic heterocycles. The molecule has 0 atom stereocenters. The van der Waals surface area contributed by atoms with Crippen molar-refractivity contribution in [1.82, 2.24) is 9.97 Å².